The summed E-state index contributed by atoms with van der Waals surface area (Å²) in [5, 5.41) is 22.0. The monoisotopic (exact) mass is 315 g/mol. The molecular weight excluding hydrogens is 294 g/mol. The van der Waals surface area contributed by atoms with Gasteiger partial charge in [0.1, 0.15) is 0 Å². The van der Waals surface area contributed by atoms with Crippen molar-refractivity contribution in [1.82, 2.24) is 9.88 Å². The molecule has 2 aliphatic rings. The number of nitro groups is 1. The van der Waals surface area contributed by atoms with Gasteiger partial charge in [-0.25, -0.2) is 0 Å². The number of aromatic amines is 1. The Morgan fingerprint density at radius 2 is 2.30 bits per heavy atom. The number of aliphatic hydroxyl groups excluding tert-OH is 1. The minimum atomic E-state index is -0.357. The molecular formula is C17H21N3O3. The number of hydrogen-bond donors (Lipinski definition) is 2. The topological polar surface area (TPSA) is 82.4 Å². The third-order valence-electron chi connectivity index (χ3n) is 5.89. The zero-order valence-corrected chi connectivity index (χ0v) is 13.2. The summed E-state index contributed by atoms with van der Waals surface area (Å²) in [5.41, 5.74) is 3.12. The Kier molecular flexibility index (Phi) is 3.21. The highest BCUT2D eigenvalue weighted by atomic mass is 16.6. The fourth-order valence-corrected chi connectivity index (χ4v) is 4.57. The van der Waals surface area contributed by atoms with Crippen molar-refractivity contribution in [2.75, 3.05) is 19.7 Å². The highest BCUT2D eigenvalue weighted by Gasteiger charge is 2.47. The van der Waals surface area contributed by atoms with Crippen molar-refractivity contribution in [3.8, 4) is 0 Å². The Hall–Kier alpha value is -1.92. The van der Waals surface area contributed by atoms with Gasteiger partial charge in [-0.1, -0.05) is 0 Å². The SMILES string of the molecule is CC12c3[nH]c4cc([N+](=O)[O-])ccc4c3CCN1CCCC2CO. The van der Waals surface area contributed by atoms with Crippen LogP contribution in [0.25, 0.3) is 10.9 Å². The molecule has 0 radical (unpaired) electrons. The number of benzene rings is 1. The van der Waals surface area contributed by atoms with Crippen molar-refractivity contribution in [3.05, 3.63) is 39.6 Å². The Morgan fingerprint density at radius 3 is 3.04 bits per heavy atom. The van der Waals surface area contributed by atoms with Crippen LogP contribution in [-0.4, -0.2) is 39.6 Å². The molecule has 0 aliphatic carbocycles. The lowest BCUT2D eigenvalue weighted by atomic mass is 9.72. The van der Waals surface area contributed by atoms with E-state index < -0.39 is 0 Å². The van der Waals surface area contributed by atoms with Gasteiger partial charge in [-0.05, 0) is 44.4 Å². The molecule has 2 aromatic rings. The van der Waals surface area contributed by atoms with Gasteiger partial charge in [0.2, 0.25) is 0 Å². The second kappa shape index (κ2) is 5.04. The smallest absolute Gasteiger partial charge is 0.271 e. The number of fused-ring (bicyclic) bond motifs is 5. The quantitative estimate of drug-likeness (QED) is 0.659. The second-order valence-electron chi connectivity index (χ2n) is 6.87. The molecule has 1 saturated heterocycles. The minimum Gasteiger partial charge on any atom is -0.396 e. The van der Waals surface area contributed by atoms with E-state index in [1.54, 1.807) is 12.1 Å². The standard InChI is InChI=1S/C17H21N3O3/c1-17-11(10-21)3-2-7-19(17)8-6-14-13-5-4-12(20(22)23)9-15(13)18-16(14)17/h4-5,9,11,18,21H,2-3,6-8,10H2,1H3. The normalized spacial score (nSPS) is 27.7. The molecule has 4 rings (SSSR count). The number of aromatic nitrogens is 1. The molecule has 0 saturated carbocycles. The molecule has 23 heavy (non-hydrogen) atoms. The predicted octanol–water partition coefficient (Wildman–Crippen LogP) is 2.55. The van der Waals surface area contributed by atoms with Crippen LogP contribution in [0.1, 0.15) is 31.0 Å². The van der Waals surface area contributed by atoms with Gasteiger partial charge in [-0.15, -0.1) is 0 Å². The zero-order chi connectivity index (χ0) is 16.2. The van der Waals surface area contributed by atoms with E-state index in [9.17, 15) is 15.2 Å². The van der Waals surface area contributed by atoms with Gasteiger partial charge < -0.3 is 10.1 Å². The third-order valence-corrected chi connectivity index (χ3v) is 5.89. The van der Waals surface area contributed by atoms with E-state index in [2.05, 4.69) is 16.8 Å². The van der Waals surface area contributed by atoms with Crippen LogP contribution in [0, 0.1) is 16.0 Å². The fourth-order valence-electron chi connectivity index (χ4n) is 4.57. The number of H-pyrrole nitrogens is 1. The Bertz CT molecular complexity index is 785. The average Bonchev–Trinajstić information content (AvgIpc) is 2.93. The van der Waals surface area contributed by atoms with Crippen LogP contribution in [0.3, 0.4) is 0 Å². The molecule has 2 unspecified atom stereocenters. The first-order valence-electron chi connectivity index (χ1n) is 8.21. The summed E-state index contributed by atoms with van der Waals surface area (Å²) in [5.74, 6) is 0.193. The first-order chi connectivity index (χ1) is 11.1. The summed E-state index contributed by atoms with van der Waals surface area (Å²) in [4.78, 5) is 16.6. The second-order valence-corrected chi connectivity index (χ2v) is 6.87. The van der Waals surface area contributed by atoms with E-state index in [1.807, 2.05) is 6.07 Å². The van der Waals surface area contributed by atoms with E-state index >= 15 is 0 Å². The van der Waals surface area contributed by atoms with E-state index in [-0.39, 0.29) is 28.7 Å². The predicted molar refractivity (Wildman–Crippen MR) is 87.4 cm³/mol. The first-order valence-corrected chi connectivity index (χ1v) is 8.21. The minimum absolute atomic E-state index is 0.112. The van der Waals surface area contributed by atoms with Crippen molar-refractivity contribution >= 4 is 16.6 Å². The number of nitro benzene ring substituents is 1. The van der Waals surface area contributed by atoms with Crippen molar-refractivity contribution < 1.29 is 10.0 Å². The molecule has 6 heteroatoms. The molecule has 6 nitrogen and oxygen atoms in total. The summed E-state index contributed by atoms with van der Waals surface area (Å²) in [7, 11) is 0. The maximum absolute atomic E-state index is 11.0. The van der Waals surface area contributed by atoms with Gasteiger partial charge in [0.05, 0.1) is 16.0 Å². The van der Waals surface area contributed by atoms with Crippen LogP contribution in [0.2, 0.25) is 0 Å². The van der Waals surface area contributed by atoms with E-state index in [1.165, 1.54) is 5.56 Å². The van der Waals surface area contributed by atoms with Crippen molar-refractivity contribution in [2.24, 2.45) is 5.92 Å². The first kappa shape index (κ1) is 14.7. The van der Waals surface area contributed by atoms with Crippen LogP contribution in [0.4, 0.5) is 5.69 Å². The molecule has 2 atom stereocenters. The number of rotatable bonds is 2. The number of aliphatic hydroxyl groups is 1. The van der Waals surface area contributed by atoms with Crippen molar-refractivity contribution in [1.29, 1.82) is 0 Å². The number of nitrogens with one attached hydrogen (secondary N) is 1. The maximum atomic E-state index is 11.0. The molecule has 122 valence electrons. The fraction of sp³-hybridized carbons (Fsp3) is 0.529. The molecule has 1 aromatic heterocycles. The van der Waals surface area contributed by atoms with Gasteiger partial charge in [0.25, 0.3) is 5.69 Å². The Labute approximate surface area is 134 Å². The molecule has 0 spiro atoms. The van der Waals surface area contributed by atoms with Crippen LogP contribution < -0.4 is 0 Å². The molecule has 3 heterocycles. The summed E-state index contributed by atoms with van der Waals surface area (Å²) in [6.45, 7) is 4.39. The highest BCUT2D eigenvalue weighted by molar-refractivity contribution is 5.87. The van der Waals surface area contributed by atoms with E-state index in [0.717, 1.165) is 48.9 Å². The molecule has 0 bridgehead atoms. The van der Waals surface area contributed by atoms with Gasteiger partial charge in [0, 0.05) is 42.3 Å². The average molecular weight is 315 g/mol. The van der Waals surface area contributed by atoms with Crippen molar-refractivity contribution in [2.45, 2.75) is 31.7 Å². The lowest BCUT2D eigenvalue weighted by Gasteiger charge is -2.52. The van der Waals surface area contributed by atoms with Gasteiger partial charge in [-0.2, -0.15) is 0 Å². The number of hydrogen-bond acceptors (Lipinski definition) is 4. The van der Waals surface area contributed by atoms with Gasteiger partial charge >= 0.3 is 0 Å². The van der Waals surface area contributed by atoms with E-state index in [0.29, 0.717) is 0 Å². The number of nitrogens with zero attached hydrogens (tertiary/aromatic N) is 2. The lowest BCUT2D eigenvalue weighted by Crippen LogP contribution is -2.57. The van der Waals surface area contributed by atoms with Crippen molar-refractivity contribution in [3.63, 3.8) is 0 Å². The van der Waals surface area contributed by atoms with Gasteiger partial charge in [0.15, 0.2) is 0 Å². The van der Waals surface area contributed by atoms with E-state index in [4.69, 9.17) is 0 Å². The molecule has 2 aliphatic heterocycles. The summed E-state index contributed by atoms with van der Waals surface area (Å²) in [6, 6.07) is 5.06. The molecule has 0 amide bonds. The Balaban J connectivity index is 1.92. The lowest BCUT2D eigenvalue weighted by molar-refractivity contribution is -0.384. The highest BCUT2D eigenvalue weighted by Crippen LogP contribution is 2.47. The largest absolute Gasteiger partial charge is 0.396 e. The van der Waals surface area contributed by atoms with Gasteiger partial charge in [-0.3, -0.25) is 15.0 Å². The summed E-state index contributed by atoms with van der Waals surface area (Å²) < 4.78 is 0. The molecule has 2 N–H and O–H groups in total. The van der Waals surface area contributed by atoms with Crippen LogP contribution in [0.15, 0.2) is 18.2 Å². The van der Waals surface area contributed by atoms with Crippen LogP contribution in [0.5, 0.6) is 0 Å². The number of non-ortho nitro benzene ring substituents is 1. The van der Waals surface area contributed by atoms with Crippen LogP contribution in [-0.2, 0) is 12.0 Å². The zero-order valence-electron chi connectivity index (χ0n) is 13.2. The third kappa shape index (κ3) is 1.95. The molecule has 1 fully saturated rings. The maximum Gasteiger partial charge on any atom is 0.271 e. The van der Waals surface area contributed by atoms with Crippen LogP contribution >= 0.6 is 0 Å². The summed E-state index contributed by atoms with van der Waals surface area (Å²) in [6.07, 6.45) is 3.07. The summed E-state index contributed by atoms with van der Waals surface area (Å²) >= 11 is 0. The number of piperidine rings is 1. The molecule has 1 aromatic carbocycles. The Morgan fingerprint density at radius 1 is 1.48 bits per heavy atom.